The van der Waals surface area contributed by atoms with Crippen molar-refractivity contribution >= 4 is 35.8 Å². The topological polar surface area (TPSA) is 55.8 Å². The normalized spacial score (nSPS) is 18.6. The standard InChI is InChI=1S/C22H38N6.HI/c1-3-23-22(25-13-6-10-19-8-4-5-9-19)26-18-20-11-7-12-24-21(20)28-16-14-27(2)15-17-28;/h7,11-12,19H,3-6,8-10,13-18H2,1-2H3,(H2,23,25,26);1H. The minimum Gasteiger partial charge on any atom is -0.357 e. The van der Waals surface area contributed by atoms with Gasteiger partial charge in [0, 0.05) is 51.0 Å². The van der Waals surface area contributed by atoms with E-state index in [1.807, 2.05) is 12.3 Å². The van der Waals surface area contributed by atoms with E-state index in [9.17, 15) is 0 Å². The first-order valence-electron chi connectivity index (χ1n) is 11.2. The summed E-state index contributed by atoms with van der Waals surface area (Å²) in [5.74, 6) is 2.97. The zero-order chi connectivity index (χ0) is 19.6. The van der Waals surface area contributed by atoms with Gasteiger partial charge in [0.15, 0.2) is 5.96 Å². The Bertz CT molecular complexity index is 609. The molecule has 0 aromatic carbocycles. The number of piperazine rings is 1. The lowest BCUT2D eigenvalue weighted by molar-refractivity contribution is 0.312. The Morgan fingerprint density at radius 1 is 1.17 bits per heavy atom. The first-order valence-corrected chi connectivity index (χ1v) is 11.2. The van der Waals surface area contributed by atoms with E-state index in [2.05, 4.69) is 45.5 Å². The van der Waals surface area contributed by atoms with Crippen molar-refractivity contribution in [2.45, 2.75) is 52.0 Å². The third kappa shape index (κ3) is 7.92. The van der Waals surface area contributed by atoms with E-state index in [0.717, 1.165) is 57.0 Å². The van der Waals surface area contributed by atoms with Gasteiger partial charge in [0.1, 0.15) is 5.82 Å². The van der Waals surface area contributed by atoms with Crippen LogP contribution in [-0.2, 0) is 6.54 Å². The molecule has 2 N–H and O–H groups in total. The Kier molecular flexibility index (Phi) is 11.1. The van der Waals surface area contributed by atoms with Crippen LogP contribution in [0.5, 0.6) is 0 Å². The molecule has 0 amide bonds. The molecule has 29 heavy (non-hydrogen) atoms. The van der Waals surface area contributed by atoms with Gasteiger partial charge in [0.25, 0.3) is 0 Å². The van der Waals surface area contributed by atoms with Crippen LogP contribution in [0.3, 0.4) is 0 Å². The Morgan fingerprint density at radius 2 is 1.93 bits per heavy atom. The fourth-order valence-electron chi connectivity index (χ4n) is 4.26. The first kappa shape index (κ1) is 24.2. The molecule has 2 heterocycles. The predicted molar refractivity (Wildman–Crippen MR) is 133 cm³/mol. The lowest BCUT2D eigenvalue weighted by Gasteiger charge is -2.34. The lowest BCUT2D eigenvalue weighted by atomic mass is 10.0. The highest BCUT2D eigenvalue weighted by Gasteiger charge is 2.18. The molecule has 1 aliphatic carbocycles. The molecule has 0 unspecified atom stereocenters. The van der Waals surface area contributed by atoms with E-state index in [1.54, 1.807) is 0 Å². The number of guanidine groups is 1. The minimum absolute atomic E-state index is 0. The summed E-state index contributed by atoms with van der Waals surface area (Å²) in [6, 6.07) is 4.18. The fourth-order valence-corrected chi connectivity index (χ4v) is 4.26. The van der Waals surface area contributed by atoms with Crippen LogP contribution in [0.25, 0.3) is 0 Å². The number of likely N-dealkylation sites (N-methyl/N-ethyl adjacent to an activating group) is 1. The molecular formula is C22H39IN6. The van der Waals surface area contributed by atoms with Crippen molar-refractivity contribution in [3.63, 3.8) is 0 Å². The number of nitrogens with zero attached hydrogens (tertiary/aromatic N) is 4. The first-order chi connectivity index (χ1) is 13.8. The third-order valence-corrected chi connectivity index (χ3v) is 5.98. The van der Waals surface area contributed by atoms with Gasteiger partial charge in [-0.15, -0.1) is 24.0 Å². The van der Waals surface area contributed by atoms with E-state index in [-0.39, 0.29) is 24.0 Å². The zero-order valence-electron chi connectivity index (χ0n) is 18.2. The van der Waals surface area contributed by atoms with Crippen molar-refractivity contribution in [1.29, 1.82) is 0 Å². The van der Waals surface area contributed by atoms with E-state index in [4.69, 9.17) is 4.99 Å². The number of aliphatic imine (C=N–C) groups is 1. The summed E-state index contributed by atoms with van der Waals surface area (Å²) in [6.45, 7) is 8.90. The summed E-state index contributed by atoms with van der Waals surface area (Å²) in [5, 5.41) is 6.90. The summed E-state index contributed by atoms with van der Waals surface area (Å²) in [7, 11) is 2.18. The summed E-state index contributed by atoms with van der Waals surface area (Å²) in [5.41, 5.74) is 1.20. The van der Waals surface area contributed by atoms with Crippen molar-refractivity contribution < 1.29 is 0 Å². The zero-order valence-corrected chi connectivity index (χ0v) is 20.5. The minimum atomic E-state index is 0. The number of pyridine rings is 1. The molecule has 2 aliphatic rings. The van der Waals surface area contributed by atoms with Crippen LogP contribution in [0.2, 0.25) is 0 Å². The van der Waals surface area contributed by atoms with Crippen LogP contribution < -0.4 is 15.5 Å². The highest BCUT2D eigenvalue weighted by Crippen LogP contribution is 2.28. The number of aromatic nitrogens is 1. The molecule has 2 fully saturated rings. The van der Waals surface area contributed by atoms with Gasteiger partial charge in [-0.3, -0.25) is 0 Å². The average Bonchev–Trinajstić information content (AvgIpc) is 3.24. The monoisotopic (exact) mass is 514 g/mol. The highest BCUT2D eigenvalue weighted by molar-refractivity contribution is 14.0. The van der Waals surface area contributed by atoms with Gasteiger partial charge in [-0.2, -0.15) is 0 Å². The van der Waals surface area contributed by atoms with Crippen LogP contribution in [-0.4, -0.2) is 62.2 Å². The molecule has 6 nitrogen and oxygen atoms in total. The molecule has 1 aliphatic heterocycles. The number of hydrogen-bond donors (Lipinski definition) is 2. The van der Waals surface area contributed by atoms with Crippen molar-refractivity contribution in [2.75, 3.05) is 51.2 Å². The molecule has 0 bridgehead atoms. The predicted octanol–water partition coefficient (Wildman–Crippen LogP) is 3.48. The number of anilines is 1. The van der Waals surface area contributed by atoms with Crippen molar-refractivity contribution in [2.24, 2.45) is 10.9 Å². The number of halogens is 1. The molecule has 7 heteroatoms. The van der Waals surface area contributed by atoms with Crippen LogP contribution in [0.1, 0.15) is 51.0 Å². The average molecular weight is 515 g/mol. The van der Waals surface area contributed by atoms with Crippen molar-refractivity contribution in [3.05, 3.63) is 23.9 Å². The molecule has 0 atom stereocenters. The van der Waals surface area contributed by atoms with E-state index >= 15 is 0 Å². The summed E-state index contributed by atoms with van der Waals surface area (Å²) >= 11 is 0. The Hall–Kier alpha value is -1.09. The summed E-state index contributed by atoms with van der Waals surface area (Å²) in [6.07, 6.45) is 10.2. The van der Waals surface area contributed by atoms with E-state index in [1.165, 1.54) is 44.1 Å². The van der Waals surface area contributed by atoms with Crippen molar-refractivity contribution in [1.82, 2.24) is 20.5 Å². The van der Waals surface area contributed by atoms with Crippen LogP contribution in [0.15, 0.2) is 23.3 Å². The van der Waals surface area contributed by atoms with Gasteiger partial charge >= 0.3 is 0 Å². The second-order valence-corrected chi connectivity index (χ2v) is 8.19. The van der Waals surface area contributed by atoms with Crippen molar-refractivity contribution in [3.8, 4) is 0 Å². The number of nitrogens with one attached hydrogen (secondary N) is 2. The Labute approximate surface area is 194 Å². The number of hydrogen-bond acceptors (Lipinski definition) is 4. The maximum absolute atomic E-state index is 4.84. The van der Waals surface area contributed by atoms with Gasteiger partial charge < -0.3 is 20.4 Å². The van der Waals surface area contributed by atoms with Gasteiger partial charge in [-0.25, -0.2) is 9.98 Å². The molecule has 1 aromatic rings. The quantitative estimate of drug-likeness (QED) is 0.241. The molecule has 1 saturated carbocycles. The smallest absolute Gasteiger partial charge is 0.191 e. The van der Waals surface area contributed by atoms with Crippen LogP contribution >= 0.6 is 24.0 Å². The van der Waals surface area contributed by atoms with Crippen LogP contribution in [0, 0.1) is 5.92 Å². The molecule has 1 aromatic heterocycles. The third-order valence-electron chi connectivity index (χ3n) is 5.98. The maximum Gasteiger partial charge on any atom is 0.191 e. The lowest BCUT2D eigenvalue weighted by Crippen LogP contribution is -2.45. The van der Waals surface area contributed by atoms with E-state index < -0.39 is 0 Å². The van der Waals surface area contributed by atoms with E-state index in [0.29, 0.717) is 6.54 Å². The Balaban J connectivity index is 0.00000300. The Morgan fingerprint density at radius 3 is 2.66 bits per heavy atom. The van der Waals surface area contributed by atoms with Gasteiger partial charge in [-0.1, -0.05) is 31.7 Å². The number of rotatable bonds is 8. The SMILES string of the molecule is CCNC(=NCc1cccnc1N1CCN(C)CC1)NCCCC1CCCC1.I. The largest absolute Gasteiger partial charge is 0.357 e. The fraction of sp³-hybridized carbons (Fsp3) is 0.727. The maximum atomic E-state index is 4.84. The van der Waals surface area contributed by atoms with Gasteiger partial charge in [0.2, 0.25) is 0 Å². The molecule has 1 saturated heterocycles. The molecule has 0 radical (unpaired) electrons. The molecule has 164 valence electrons. The molecule has 3 rings (SSSR count). The second kappa shape index (κ2) is 13.3. The second-order valence-electron chi connectivity index (χ2n) is 8.19. The van der Waals surface area contributed by atoms with Crippen LogP contribution in [0.4, 0.5) is 5.82 Å². The summed E-state index contributed by atoms with van der Waals surface area (Å²) in [4.78, 5) is 14.3. The highest BCUT2D eigenvalue weighted by atomic mass is 127. The summed E-state index contributed by atoms with van der Waals surface area (Å²) < 4.78 is 0. The van der Waals surface area contributed by atoms with Gasteiger partial charge in [-0.05, 0) is 38.8 Å². The van der Waals surface area contributed by atoms with Gasteiger partial charge in [0.05, 0.1) is 6.54 Å². The molecule has 0 spiro atoms. The molecular weight excluding hydrogens is 475 g/mol.